The summed E-state index contributed by atoms with van der Waals surface area (Å²) in [5, 5.41) is 0. The third-order valence-electron chi connectivity index (χ3n) is 4.84. The van der Waals surface area contributed by atoms with Gasteiger partial charge in [0.05, 0.1) is 0 Å². The summed E-state index contributed by atoms with van der Waals surface area (Å²) in [5.41, 5.74) is 13.6. The summed E-state index contributed by atoms with van der Waals surface area (Å²) in [5.74, 6) is 0.0461. The van der Waals surface area contributed by atoms with E-state index in [0.717, 1.165) is 25.9 Å². The predicted octanol–water partition coefficient (Wildman–Crippen LogP) is 2.89. The fourth-order valence-electron chi connectivity index (χ4n) is 3.12. The third-order valence-corrected chi connectivity index (χ3v) is 4.84. The van der Waals surface area contributed by atoms with Gasteiger partial charge in [-0.25, -0.2) is 0 Å². The van der Waals surface area contributed by atoms with Crippen LogP contribution in [0.15, 0.2) is 18.2 Å². The number of anilines is 2. The number of nitrogens with two attached hydrogens (primary N) is 2. The van der Waals surface area contributed by atoms with Crippen molar-refractivity contribution < 1.29 is 4.79 Å². The summed E-state index contributed by atoms with van der Waals surface area (Å²) in [4.78, 5) is 14.4. The smallest absolute Gasteiger partial charge is 0.254 e. The second-order valence-electron chi connectivity index (χ2n) is 5.89. The highest BCUT2D eigenvalue weighted by atomic mass is 16.2. The first-order chi connectivity index (χ1) is 9.49. The average Bonchev–Trinajstić information content (AvgIpc) is 2.45. The van der Waals surface area contributed by atoms with Crippen LogP contribution in [0.1, 0.15) is 49.9 Å². The minimum Gasteiger partial charge on any atom is -0.399 e. The highest BCUT2D eigenvalue weighted by Crippen LogP contribution is 2.38. The molecule has 4 nitrogen and oxygen atoms in total. The van der Waals surface area contributed by atoms with Crippen LogP contribution in [-0.2, 0) is 0 Å². The molecule has 4 heteroatoms. The number of nitrogens with zero attached hydrogens (tertiary/aromatic N) is 1. The fraction of sp³-hybridized carbons (Fsp3) is 0.562. The number of piperidine rings is 1. The summed E-state index contributed by atoms with van der Waals surface area (Å²) in [6, 6.07) is 5.09. The van der Waals surface area contributed by atoms with Gasteiger partial charge in [0.15, 0.2) is 0 Å². The third kappa shape index (κ3) is 2.89. The number of likely N-dealkylation sites (tertiary alicyclic amines) is 1. The molecule has 0 unspecified atom stereocenters. The Morgan fingerprint density at radius 2 is 1.60 bits per heavy atom. The summed E-state index contributed by atoms with van der Waals surface area (Å²) in [6.07, 6.45) is 4.56. The first-order valence-electron chi connectivity index (χ1n) is 7.45. The number of rotatable bonds is 3. The minimum atomic E-state index is 0.0461. The van der Waals surface area contributed by atoms with Crippen LogP contribution in [0.5, 0.6) is 0 Å². The predicted molar refractivity (Wildman–Crippen MR) is 83.4 cm³/mol. The van der Waals surface area contributed by atoms with Crippen LogP contribution in [-0.4, -0.2) is 23.9 Å². The van der Waals surface area contributed by atoms with E-state index in [0.29, 0.717) is 22.4 Å². The van der Waals surface area contributed by atoms with Gasteiger partial charge in [0.1, 0.15) is 0 Å². The molecular weight excluding hydrogens is 250 g/mol. The molecule has 1 amide bonds. The van der Waals surface area contributed by atoms with Crippen molar-refractivity contribution in [2.45, 2.75) is 39.5 Å². The summed E-state index contributed by atoms with van der Waals surface area (Å²) >= 11 is 0. The van der Waals surface area contributed by atoms with Gasteiger partial charge in [0.25, 0.3) is 5.91 Å². The first kappa shape index (κ1) is 14.7. The molecule has 0 aliphatic carbocycles. The summed E-state index contributed by atoms with van der Waals surface area (Å²) < 4.78 is 0. The molecule has 0 bridgehead atoms. The van der Waals surface area contributed by atoms with Gasteiger partial charge >= 0.3 is 0 Å². The molecule has 1 fully saturated rings. The molecule has 0 atom stereocenters. The van der Waals surface area contributed by atoms with E-state index < -0.39 is 0 Å². The van der Waals surface area contributed by atoms with Gasteiger partial charge in [-0.1, -0.05) is 26.7 Å². The largest absolute Gasteiger partial charge is 0.399 e. The average molecular weight is 275 g/mol. The Morgan fingerprint density at radius 1 is 1.10 bits per heavy atom. The van der Waals surface area contributed by atoms with Crippen molar-refractivity contribution in [2.24, 2.45) is 5.41 Å². The Balaban J connectivity index is 2.08. The quantitative estimate of drug-likeness (QED) is 0.833. The van der Waals surface area contributed by atoms with Crippen molar-refractivity contribution >= 4 is 17.3 Å². The molecule has 2 rings (SSSR count). The van der Waals surface area contributed by atoms with Crippen LogP contribution < -0.4 is 11.5 Å². The Labute approximate surface area is 121 Å². The zero-order valence-electron chi connectivity index (χ0n) is 12.5. The van der Waals surface area contributed by atoms with E-state index in [-0.39, 0.29) is 5.91 Å². The summed E-state index contributed by atoms with van der Waals surface area (Å²) in [6.45, 7) is 6.16. The van der Waals surface area contributed by atoms with Crippen molar-refractivity contribution in [2.75, 3.05) is 24.6 Å². The lowest BCUT2D eigenvalue weighted by molar-refractivity contribution is 0.0558. The molecule has 1 aliphatic heterocycles. The number of hydrogen-bond donors (Lipinski definition) is 2. The molecule has 0 aromatic heterocycles. The molecule has 0 spiro atoms. The fourth-order valence-corrected chi connectivity index (χ4v) is 3.12. The topological polar surface area (TPSA) is 72.3 Å². The minimum absolute atomic E-state index is 0.0461. The molecule has 1 aromatic rings. The molecule has 0 radical (unpaired) electrons. The highest BCUT2D eigenvalue weighted by molar-refractivity contribution is 5.96. The van der Waals surface area contributed by atoms with Gasteiger partial charge in [0, 0.05) is 30.0 Å². The van der Waals surface area contributed by atoms with Crippen LogP contribution in [0, 0.1) is 5.41 Å². The molecule has 4 N–H and O–H groups in total. The molecule has 1 saturated heterocycles. The van der Waals surface area contributed by atoms with Crippen LogP contribution in [0.4, 0.5) is 11.4 Å². The highest BCUT2D eigenvalue weighted by Gasteiger charge is 2.33. The monoisotopic (exact) mass is 275 g/mol. The lowest BCUT2D eigenvalue weighted by Gasteiger charge is -2.41. The Morgan fingerprint density at radius 3 is 2.05 bits per heavy atom. The number of carbonyl (C=O) groups is 1. The lowest BCUT2D eigenvalue weighted by atomic mass is 9.74. The molecule has 1 aromatic carbocycles. The van der Waals surface area contributed by atoms with Gasteiger partial charge < -0.3 is 16.4 Å². The lowest BCUT2D eigenvalue weighted by Crippen LogP contribution is -2.42. The van der Waals surface area contributed by atoms with Gasteiger partial charge in [-0.3, -0.25) is 4.79 Å². The van der Waals surface area contributed by atoms with Gasteiger partial charge in [-0.05, 0) is 36.5 Å². The van der Waals surface area contributed by atoms with Crippen molar-refractivity contribution in [3.63, 3.8) is 0 Å². The van der Waals surface area contributed by atoms with Crippen molar-refractivity contribution in [1.29, 1.82) is 0 Å². The zero-order valence-corrected chi connectivity index (χ0v) is 12.5. The molecule has 1 aliphatic rings. The molecular formula is C16H25N3O. The maximum atomic E-state index is 12.5. The molecule has 1 heterocycles. The number of benzene rings is 1. The van der Waals surface area contributed by atoms with E-state index in [1.165, 1.54) is 12.8 Å². The zero-order chi connectivity index (χ0) is 14.8. The Hall–Kier alpha value is -1.71. The van der Waals surface area contributed by atoms with Crippen LogP contribution >= 0.6 is 0 Å². The Bertz CT molecular complexity index is 464. The normalized spacial score (nSPS) is 18.0. The maximum absolute atomic E-state index is 12.5. The number of amides is 1. The van der Waals surface area contributed by atoms with Gasteiger partial charge in [-0.15, -0.1) is 0 Å². The standard InChI is InChI=1S/C16H25N3O/c1-3-16(4-2)5-7-19(8-6-16)15(20)12-9-13(17)11-14(18)10-12/h9-11H,3-8,17-18H2,1-2H3. The second-order valence-corrected chi connectivity index (χ2v) is 5.89. The summed E-state index contributed by atoms with van der Waals surface area (Å²) in [7, 11) is 0. The van der Waals surface area contributed by atoms with Crippen LogP contribution in [0.25, 0.3) is 0 Å². The van der Waals surface area contributed by atoms with Crippen molar-refractivity contribution in [1.82, 2.24) is 4.90 Å². The van der Waals surface area contributed by atoms with E-state index in [4.69, 9.17) is 11.5 Å². The van der Waals surface area contributed by atoms with E-state index in [2.05, 4.69) is 13.8 Å². The van der Waals surface area contributed by atoms with Crippen molar-refractivity contribution in [3.8, 4) is 0 Å². The number of carbonyl (C=O) groups excluding carboxylic acids is 1. The Kier molecular flexibility index (Phi) is 4.21. The van der Waals surface area contributed by atoms with E-state index in [1.54, 1.807) is 18.2 Å². The van der Waals surface area contributed by atoms with E-state index in [1.807, 2.05) is 4.90 Å². The number of hydrogen-bond acceptors (Lipinski definition) is 3. The van der Waals surface area contributed by atoms with Crippen LogP contribution in [0.2, 0.25) is 0 Å². The second kappa shape index (κ2) is 5.73. The van der Waals surface area contributed by atoms with Crippen LogP contribution in [0.3, 0.4) is 0 Å². The molecule has 110 valence electrons. The van der Waals surface area contributed by atoms with E-state index >= 15 is 0 Å². The molecule has 20 heavy (non-hydrogen) atoms. The van der Waals surface area contributed by atoms with E-state index in [9.17, 15) is 4.79 Å². The number of nitrogen functional groups attached to an aromatic ring is 2. The SMILES string of the molecule is CCC1(CC)CCN(C(=O)c2cc(N)cc(N)c2)CC1. The van der Waals surface area contributed by atoms with Gasteiger partial charge in [0.2, 0.25) is 0 Å². The molecule has 0 saturated carbocycles. The van der Waals surface area contributed by atoms with Crippen molar-refractivity contribution in [3.05, 3.63) is 23.8 Å². The maximum Gasteiger partial charge on any atom is 0.254 e. The van der Waals surface area contributed by atoms with Gasteiger partial charge in [-0.2, -0.15) is 0 Å². The first-order valence-corrected chi connectivity index (χ1v) is 7.45.